The summed E-state index contributed by atoms with van der Waals surface area (Å²) in [4.78, 5) is 17.2. The zero-order chi connectivity index (χ0) is 19.0. The van der Waals surface area contributed by atoms with Crippen molar-refractivity contribution in [3.8, 4) is 16.4 Å². The Morgan fingerprint density at radius 1 is 1.19 bits per heavy atom. The Bertz CT molecular complexity index is 1110. The van der Waals surface area contributed by atoms with Crippen LogP contribution in [0.3, 0.4) is 0 Å². The van der Waals surface area contributed by atoms with Crippen LogP contribution >= 0.6 is 11.3 Å². The SMILES string of the molecule is Cc1cc(-n2c(C)cc(C(=O)Nc3cccc(-c4nccs4)c3)c2C)no1. The second-order valence-corrected chi connectivity index (χ2v) is 7.18. The number of aromatic nitrogens is 3. The van der Waals surface area contributed by atoms with Crippen LogP contribution in [0.4, 0.5) is 5.69 Å². The molecule has 0 radical (unpaired) electrons. The third kappa shape index (κ3) is 3.29. The Labute approximate surface area is 160 Å². The Morgan fingerprint density at radius 3 is 2.74 bits per heavy atom. The second kappa shape index (κ2) is 6.85. The van der Waals surface area contributed by atoms with Crippen LogP contribution in [0, 0.1) is 20.8 Å². The Balaban J connectivity index is 1.62. The van der Waals surface area contributed by atoms with E-state index < -0.39 is 0 Å². The van der Waals surface area contributed by atoms with Gasteiger partial charge in [0, 0.05) is 40.3 Å². The number of rotatable bonds is 4. The Hall–Kier alpha value is -3.19. The molecule has 7 heteroatoms. The van der Waals surface area contributed by atoms with Crippen LogP contribution in [0.25, 0.3) is 16.4 Å². The van der Waals surface area contributed by atoms with Gasteiger partial charge >= 0.3 is 0 Å². The van der Waals surface area contributed by atoms with E-state index in [0.717, 1.165) is 33.4 Å². The fourth-order valence-electron chi connectivity index (χ4n) is 3.10. The number of anilines is 1. The quantitative estimate of drug-likeness (QED) is 0.555. The van der Waals surface area contributed by atoms with E-state index in [1.165, 1.54) is 0 Å². The van der Waals surface area contributed by atoms with Gasteiger partial charge in [-0.2, -0.15) is 0 Å². The van der Waals surface area contributed by atoms with Gasteiger partial charge in [0.1, 0.15) is 10.8 Å². The molecule has 4 aromatic rings. The number of carbonyl (C=O) groups excluding carboxylic acids is 1. The van der Waals surface area contributed by atoms with Gasteiger partial charge in [-0.15, -0.1) is 11.3 Å². The highest BCUT2D eigenvalue weighted by Crippen LogP contribution is 2.26. The molecule has 0 fully saturated rings. The lowest BCUT2D eigenvalue weighted by molar-refractivity contribution is 0.102. The van der Waals surface area contributed by atoms with E-state index in [1.54, 1.807) is 17.5 Å². The van der Waals surface area contributed by atoms with Gasteiger partial charge in [-0.1, -0.05) is 17.3 Å². The van der Waals surface area contributed by atoms with Gasteiger partial charge in [0.05, 0.1) is 5.56 Å². The lowest BCUT2D eigenvalue weighted by Crippen LogP contribution is -2.13. The fraction of sp³-hybridized carbons (Fsp3) is 0.150. The summed E-state index contributed by atoms with van der Waals surface area (Å²) in [5.74, 6) is 1.24. The average molecular weight is 378 g/mol. The van der Waals surface area contributed by atoms with E-state index in [1.807, 2.05) is 67.1 Å². The predicted molar refractivity (Wildman–Crippen MR) is 106 cm³/mol. The normalized spacial score (nSPS) is 10.9. The van der Waals surface area contributed by atoms with E-state index >= 15 is 0 Å². The number of benzene rings is 1. The smallest absolute Gasteiger partial charge is 0.257 e. The maximum Gasteiger partial charge on any atom is 0.257 e. The molecule has 0 aliphatic heterocycles. The summed E-state index contributed by atoms with van der Waals surface area (Å²) in [6.07, 6.45) is 1.77. The second-order valence-electron chi connectivity index (χ2n) is 6.29. The minimum Gasteiger partial charge on any atom is -0.360 e. The predicted octanol–water partition coefficient (Wildman–Crippen LogP) is 4.77. The number of nitrogens with one attached hydrogen (secondary N) is 1. The van der Waals surface area contributed by atoms with Crippen LogP contribution in [0.5, 0.6) is 0 Å². The maximum atomic E-state index is 12.9. The third-order valence-corrected chi connectivity index (χ3v) is 5.14. The standard InChI is InChI=1S/C20H18N4O2S/c1-12-9-17(14(3)24(12)18-10-13(2)26-23-18)19(25)22-16-6-4-5-15(11-16)20-21-7-8-27-20/h4-11H,1-3H3,(H,22,25). The summed E-state index contributed by atoms with van der Waals surface area (Å²) in [5, 5.41) is 9.89. The molecular weight excluding hydrogens is 360 g/mol. The Morgan fingerprint density at radius 2 is 2.04 bits per heavy atom. The highest BCUT2D eigenvalue weighted by Gasteiger charge is 2.18. The maximum absolute atomic E-state index is 12.9. The van der Waals surface area contributed by atoms with Gasteiger partial charge in [0.15, 0.2) is 5.82 Å². The van der Waals surface area contributed by atoms with E-state index in [4.69, 9.17) is 4.52 Å². The van der Waals surface area contributed by atoms with Crippen LogP contribution in [-0.2, 0) is 0 Å². The van der Waals surface area contributed by atoms with Crippen molar-refractivity contribution >= 4 is 22.9 Å². The molecule has 3 aromatic heterocycles. The van der Waals surface area contributed by atoms with Crippen LogP contribution in [-0.4, -0.2) is 20.6 Å². The van der Waals surface area contributed by atoms with E-state index in [9.17, 15) is 4.79 Å². The van der Waals surface area contributed by atoms with Crippen LogP contribution in [0.1, 0.15) is 27.5 Å². The van der Waals surface area contributed by atoms with E-state index in [2.05, 4.69) is 15.5 Å². The van der Waals surface area contributed by atoms with Gasteiger partial charge in [-0.3, -0.25) is 9.36 Å². The summed E-state index contributed by atoms with van der Waals surface area (Å²) >= 11 is 1.56. The molecule has 136 valence electrons. The number of aryl methyl sites for hydroxylation is 2. The van der Waals surface area contributed by atoms with Crippen molar-refractivity contribution in [2.45, 2.75) is 20.8 Å². The van der Waals surface area contributed by atoms with Gasteiger partial charge < -0.3 is 9.84 Å². The molecule has 0 saturated heterocycles. The molecule has 0 aliphatic rings. The molecule has 3 heterocycles. The molecule has 1 amide bonds. The highest BCUT2D eigenvalue weighted by molar-refractivity contribution is 7.13. The first kappa shape index (κ1) is 17.2. The third-order valence-electron chi connectivity index (χ3n) is 4.32. The largest absolute Gasteiger partial charge is 0.360 e. The molecule has 0 bridgehead atoms. The van der Waals surface area contributed by atoms with Gasteiger partial charge in [0.2, 0.25) is 0 Å². The highest BCUT2D eigenvalue weighted by atomic mass is 32.1. The summed E-state index contributed by atoms with van der Waals surface area (Å²) in [5.41, 5.74) is 4.05. The molecular formula is C20H18N4O2S. The number of hydrogen-bond donors (Lipinski definition) is 1. The summed E-state index contributed by atoms with van der Waals surface area (Å²) < 4.78 is 7.08. The molecule has 27 heavy (non-hydrogen) atoms. The molecule has 1 aromatic carbocycles. The number of nitrogens with zero attached hydrogens (tertiary/aromatic N) is 3. The van der Waals surface area contributed by atoms with Crippen molar-refractivity contribution in [1.82, 2.24) is 14.7 Å². The first-order valence-corrected chi connectivity index (χ1v) is 9.35. The number of thiazole rings is 1. The fourth-order valence-corrected chi connectivity index (χ4v) is 3.73. The van der Waals surface area contributed by atoms with Crippen LogP contribution in [0.2, 0.25) is 0 Å². The molecule has 0 aliphatic carbocycles. The minimum absolute atomic E-state index is 0.161. The summed E-state index contributed by atoms with van der Waals surface area (Å²) in [7, 11) is 0. The van der Waals surface area contributed by atoms with Crippen molar-refractivity contribution < 1.29 is 9.32 Å². The molecule has 6 nitrogen and oxygen atoms in total. The van der Waals surface area contributed by atoms with Gasteiger partial charge in [0.25, 0.3) is 5.91 Å². The molecule has 0 unspecified atom stereocenters. The van der Waals surface area contributed by atoms with Crippen LogP contribution < -0.4 is 5.32 Å². The molecule has 4 rings (SSSR count). The number of carbonyl (C=O) groups is 1. The van der Waals surface area contributed by atoms with Crippen molar-refractivity contribution in [3.05, 3.63) is 70.7 Å². The topological polar surface area (TPSA) is 73.0 Å². The lowest BCUT2D eigenvalue weighted by atomic mass is 10.2. The van der Waals surface area contributed by atoms with E-state index in [0.29, 0.717) is 11.4 Å². The number of amides is 1. The first-order chi connectivity index (χ1) is 13.0. The van der Waals surface area contributed by atoms with Crippen molar-refractivity contribution in [2.75, 3.05) is 5.32 Å². The number of hydrogen-bond acceptors (Lipinski definition) is 5. The van der Waals surface area contributed by atoms with E-state index in [-0.39, 0.29) is 5.91 Å². The average Bonchev–Trinajstić information content (AvgIpc) is 3.36. The lowest BCUT2D eigenvalue weighted by Gasteiger charge is -2.08. The molecule has 0 saturated carbocycles. The van der Waals surface area contributed by atoms with Gasteiger partial charge in [-0.25, -0.2) is 4.98 Å². The van der Waals surface area contributed by atoms with Crippen LogP contribution in [0.15, 0.2) is 52.5 Å². The minimum atomic E-state index is -0.161. The monoisotopic (exact) mass is 378 g/mol. The molecule has 1 N–H and O–H groups in total. The summed E-state index contributed by atoms with van der Waals surface area (Å²) in [6.45, 7) is 5.68. The molecule has 0 spiro atoms. The molecule has 0 atom stereocenters. The zero-order valence-corrected chi connectivity index (χ0v) is 16.0. The van der Waals surface area contributed by atoms with Gasteiger partial charge in [-0.05, 0) is 39.0 Å². The Kier molecular flexibility index (Phi) is 4.37. The van der Waals surface area contributed by atoms with Crippen molar-refractivity contribution in [2.24, 2.45) is 0 Å². The first-order valence-electron chi connectivity index (χ1n) is 8.47. The summed E-state index contributed by atoms with van der Waals surface area (Å²) in [6, 6.07) is 11.4. The van der Waals surface area contributed by atoms with Crippen molar-refractivity contribution in [3.63, 3.8) is 0 Å². The van der Waals surface area contributed by atoms with Crippen molar-refractivity contribution in [1.29, 1.82) is 0 Å². The zero-order valence-electron chi connectivity index (χ0n) is 15.2.